The SMILES string of the molecule is O=C1CCCCC1c1cnnn1-c1ccccc1. The topological polar surface area (TPSA) is 47.8 Å². The standard InChI is InChI=1S/C14H15N3O/c18-14-9-5-4-8-12(14)13-10-15-16-17(13)11-6-2-1-3-7-11/h1-3,6-7,10,12H,4-5,8-9H2. The van der Waals surface area contributed by atoms with E-state index >= 15 is 0 Å². The summed E-state index contributed by atoms with van der Waals surface area (Å²) < 4.78 is 1.79. The molecular weight excluding hydrogens is 226 g/mol. The molecule has 2 aromatic rings. The van der Waals surface area contributed by atoms with Crippen molar-refractivity contribution in [2.24, 2.45) is 0 Å². The first kappa shape index (κ1) is 11.1. The summed E-state index contributed by atoms with van der Waals surface area (Å²) in [4.78, 5) is 12.0. The van der Waals surface area contributed by atoms with Gasteiger partial charge in [0.05, 0.1) is 23.5 Å². The summed E-state index contributed by atoms with van der Waals surface area (Å²) in [5, 5.41) is 8.08. The minimum atomic E-state index is -0.0334. The Balaban J connectivity index is 1.99. The monoisotopic (exact) mass is 241 g/mol. The molecule has 1 aliphatic rings. The lowest BCUT2D eigenvalue weighted by Crippen LogP contribution is -2.20. The Hall–Kier alpha value is -1.97. The van der Waals surface area contributed by atoms with E-state index in [1.807, 2.05) is 30.3 Å². The number of carbonyl (C=O) groups is 1. The van der Waals surface area contributed by atoms with Crippen LogP contribution in [0.2, 0.25) is 0 Å². The molecule has 0 spiro atoms. The Morgan fingerprint density at radius 1 is 1.17 bits per heavy atom. The maximum atomic E-state index is 12.0. The first-order chi connectivity index (χ1) is 8.86. The molecule has 1 saturated carbocycles. The van der Waals surface area contributed by atoms with E-state index in [1.54, 1.807) is 10.9 Å². The number of Topliss-reactive ketones (excluding diaryl/α,β-unsaturated/α-hetero) is 1. The van der Waals surface area contributed by atoms with Gasteiger partial charge in [-0.25, -0.2) is 4.68 Å². The molecular formula is C14H15N3O. The highest BCUT2D eigenvalue weighted by Crippen LogP contribution is 2.30. The molecule has 92 valence electrons. The number of nitrogens with zero attached hydrogens (tertiary/aromatic N) is 3. The first-order valence-corrected chi connectivity index (χ1v) is 6.35. The molecule has 0 saturated heterocycles. The van der Waals surface area contributed by atoms with E-state index in [9.17, 15) is 4.79 Å². The highest BCUT2D eigenvalue weighted by atomic mass is 16.1. The van der Waals surface area contributed by atoms with Crippen molar-refractivity contribution in [1.82, 2.24) is 15.0 Å². The van der Waals surface area contributed by atoms with Crippen molar-refractivity contribution in [2.75, 3.05) is 0 Å². The number of hydrogen-bond donors (Lipinski definition) is 0. The number of ketones is 1. The molecule has 1 fully saturated rings. The molecule has 0 bridgehead atoms. The van der Waals surface area contributed by atoms with Crippen molar-refractivity contribution in [1.29, 1.82) is 0 Å². The Labute approximate surface area is 106 Å². The molecule has 1 aliphatic carbocycles. The van der Waals surface area contributed by atoms with Gasteiger partial charge >= 0.3 is 0 Å². The van der Waals surface area contributed by atoms with Crippen LogP contribution >= 0.6 is 0 Å². The molecule has 1 heterocycles. The van der Waals surface area contributed by atoms with Crippen molar-refractivity contribution < 1.29 is 4.79 Å². The lowest BCUT2D eigenvalue weighted by atomic mass is 9.86. The van der Waals surface area contributed by atoms with E-state index in [-0.39, 0.29) is 5.92 Å². The normalized spacial score (nSPS) is 20.0. The highest BCUT2D eigenvalue weighted by molar-refractivity contribution is 5.86. The zero-order valence-electron chi connectivity index (χ0n) is 10.1. The van der Waals surface area contributed by atoms with Gasteiger partial charge in [-0.3, -0.25) is 4.79 Å². The molecule has 1 aromatic carbocycles. The lowest BCUT2D eigenvalue weighted by molar-refractivity contribution is -0.122. The average Bonchev–Trinajstić information content (AvgIpc) is 2.89. The molecule has 1 aromatic heterocycles. The van der Waals surface area contributed by atoms with Crippen LogP contribution in [0, 0.1) is 0 Å². The zero-order chi connectivity index (χ0) is 12.4. The van der Waals surface area contributed by atoms with Crippen molar-refractivity contribution in [3.63, 3.8) is 0 Å². The fourth-order valence-electron chi connectivity index (χ4n) is 2.55. The fourth-order valence-corrected chi connectivity index (χ4v) is 2.55. The molecule has 4 heteroatoms. The van der Waals surface area contributed by atoms with Crippen LogP contribution in [0.1, 0.15) is 37.3 Å². The Morgan fingerprint density at radius 2 is 2.00 bits per heavy atom. The van der Waals surface area contributed by atoms with E-state index < -0.39 is 0 Å². The van der Waals surface area contributed by atoms with Crippen LogP contribution in [-0.4, -0.2) is 20.8 Å². The number of aromatic nitrogens is 3. The maximum absolute atomic E-state index is 12.0. The van der Waals surface area contributed by atoms with Gasteiger partial charge in [0.25, 0.3) is 0 Å². The Kier molecular flexibility index (Phi) is 2.92. The van der Waals surface area contributed by atoms with Gasteiger partial charge in [-0.05, 0) is 25.0 Å². The van der Waals surface area contributed by atoms with Crippen LogP contribution < -0.4 is 0 Å². The number of carbonyl (C=O) groups excluding carboxylic acids is 1. The molecule has 0 aliphatic heterocycles. The summed E-state index contributed by atoms with van der Waals surface area (Å²) in [6, 6.07) is 9.84. The van der Waals surface area contributed by atoms with Gasteiger partial charge in [-0.1, -0.05) is 29.8 Å². The third-order valence-electron chi connectivity index (χ3n) is 3.49. The second-order valence-electron chi connectivity index (χ2n) is 4.67. The Bertz CT molecular complexity index is 547. The maximum Gasteiger partial charge on any atom is 0.141 e. The second kappa shape index (κ2) is 4.72. The largest absolute Gasteiger partial charge is 0.299 e. The van der Waals surface area contributed by atoms with Gasteiger partial charge in [0, 0.05) is 6.42 Å². The van der Waals surface area contributed by atoms with Crippen LogP contribution in [0.4, 0.5) is 0 Å². The summed E-state index contributed by atoms with van der Waals surface area (Å²) in [5.41, 5.74) is 1.88. The van der Waals surface area contributed by atoms with Crippen molar-refractivity contribution in [3.8, 4) is 5.69 Å². The van der Waals surface area contributed by atoms with Gasteiger partial charge in [0.2, 0.25) is 0 Å². The minimum absolute atomic E-state index is 0.0334. The van der Waals surface area contributed by atoms with Crippen molar-refractivity contribution in [2.45, 2.75) is 31.6 Å². The molecule has 4 nitrogen and oxygen atoms in total. The minimum Gasteiger partial charge on any atom is -0.299 e. The van der Waals surface area contributed by atoms with Gasteiger partial charge < -0.3 is 0 Å². The third-order valence-corrected chi connectivity index (χ3v) is 3.49. The third kappa shape index (κ3) is 1.94. The molecule has 1 atom stereocenters. The molecule has 0 amide bonds. The summed E-state index contributed by atoms with van der Waals surface area (Å²) in [7, 11) is 0. The van der Waals surface area contributed by atoms with E-state index in [1.165, 1.54) is 0 Å². The second-order valence-corrected chi connectivity index (χ2v) is 4.67. The van der Waals surface area contributed by atoms with Crippen LogP contribution in [0.5, 0.6) is 0 Å². The zero-order valence-corrected chi connectivity index (χ0v) is 10.1. The molecule has 18 heavy (non-hydrogen) atoms. The summed E-state index contributed by atoms with van der Waals surface area (Å²) in [6.07, 6.45) is 5.45. The predicted molar refractivity (Wildman–Crippen MR) is 67.6 cm³/mol. The van der Waals surface area contributed by atoms with E-state index in [0.29, 0.717) is 12.2 Å². The van der Waals surface area contributed by atoms with Crippen LogP contribution in [0.3, 0.4) is 0 Å². The molecule has 0 N–H and O–H groups in total. The molecule has 1 unspecified atom stereocenters. The summed E-state index contributed by atoms with van der Waals surface area (Å²) in [5.74, 6) is 0.287. The average molecular weight is 241 g/mol. The van der Waals surface area contributed by atoms with Gasteiger partial charge in [0.1, 0.15) is 5.78 Å². The molecule has 0 radical (unpaired) electrons. The lowest BCUT2D eigenvalue weighted by Gasteiger charge is -2.20. The van der Waals surface area contributed by atoms with Crippen LogP contribution in [0.15, 0.2) is 36.5 Å². The number of benzene rings is 1. The van der Waals surface area contributed by atoms with E-state index in [4.69, 9.17) is 0 Å². The smallest absolute Gasteiger partial charge is 0.141 e. The van der Waals surface area contributed by atoms with Crippen molar-refractivity contribution in [3.05, 3.63) is 42.2 Å². The number of para-hydroxylation sites is 1. The number of rotatable bonds is 2. The fraction of sp³-hybridized carbons (Fsp3) is 0.357. The molecule has 3 rings (SSSR count). The van der Waals surface area contributed by atoms with Gasteiger partial charge in [-0.2, -0.15) is 0 Å². The van der Waals surface area contributed by atoms with E-state index in [0.717, 1.165) is 30.6 Å². The first-order valence-electron chi connectivity index (χ1n) is 6.35. The number of hydrogen-bond acceptors (Lipinski definition) is 3. The quantitative estimate of drug-likeness (QED) is 0.811. The van der Waals surface area contributed by atoms with Gasteiger partial charge in [0.15, 0.2) is 0 Å². The van der Waals surface area contributed by atoms with Gasteiger partial charge in [-0.15, -0.1) is 5.10 Å². The highest BCUT2D eigenvalue weighted by Gasteiger charge is 2.27. The van der Waals surface area contributed by atoms with Crippen LogP contribution in [-0.2, 0) is 4.79 Å². The Morgan fingerprint density at radius 3 is 2.78 bits per heavy atom. The predicted octanol–water partition coefficient (Wildman–Crippen LogP) is 2.49. The van der Waals surface area contributed by atoms with E-state index in [2.05, 4.69) is 10.3 Å². The summed E-state index contributed by atoms with van der Waals surface area (Å²) in [6.45, 7) is 0. The van der Waals surface area contributed by atoms with Crippen LogP contribution in [0.25, 0.3) is 5.69 Å². The summed E-state index contributed by atoms with van der Waals surface area (Å²) >= 11 is 0. The van der Waals surface area contributed by atoms with Crippen molar-refractivity contribution >= 4 is 5.78 Å².